The number of amides is 4. The number of para-hydroxylation sites is 1. The van der Waals surface area contributed by atoms with Crippen LogP contribution in [-0.2, 0) is 19.1 Å². The van der Waals surface area contributed by atoms with E-state index in [1.807, 2.05) is 0 Å². The van der Waals surface area contributed by atoms with Crippen LogP contribution in [0.15, 0.2) is 24.3 Å². The van der Waals surface area contributed by atoms with E-state index in [1.165, 1.54) is 11.0 Å². The molecule has 0 bridgehead atoms. The summed E-state index contributed by atoms with van der Waals surface area (Å²) in [5.41, 5.74) is 4.08. The van der Waals surface area contributed by atoms with Gasteiger partial charge in [-0.1, -0.05) is 18.2 Å². The summed E-state index contributed by atoms with van der Waals surface area (Å²) < 4.78 is 5.26. The van der Waals surface area contributed by atoms with Gasteiger partial charge in [0.15, 0.2) is 0 Å². The van der Waals surface area contributed by atoms with Crippen LogP contribution >= 0.6 is 0 Å². The Morgan fingerprint density at radius 1 is 1.09 bits per heavy atom. The highest BCUT2D eigenvalue weighted by molar-refractivity contribution is 5.93. The van der Waals surface area contributed by atoms with E-state index >= 15 is 0 Å². The molecule has 2 unspecified atom stereocenters. The fourth-order valence-electron chi connectivity index (χ4n) is 3.27. The maximum Gasteiger partial charge on any atom is 0.408 e. The summed E-state index contributed by atoms with van der Waals surface area (Å²) in [5, 5.41) is 15.8. The number of rotatable bonds is 9. The predicted molar refractivity (Wildman–Crippen MR) is 128 cm³/mol. The van der Waals surface area contributed by atoms with Crippen LogP contribution in [0.1, 0.15) is 72.9 Å². The van der Waals surface area contributed by atoms with Crippen LogP contribution in [0.5, 0.6) is 5.75 Å². The highest BCUT2D eigenvalue weighted by atomic mass is 16.6. The molecule has 0 aromatic heterocycles. The van der Waals surface area contributed by atoms with Crippen molar-refractivity contribution in [1.82, 2.24) is 15.5 Å². The minimum atomic E-state index is -1.19. The zero-order valence-electron chi connectivity index (χ0n) is 21.1. The van der Waals surface area contributed by atoms with E-state index in [2.05, 4.69) is 10.6 Å². The molecule has 0 aliphatic rings. The quantitative estimate of drug-likeness (QED) is 0.428. The molecule has 34 heavy (non-hydrogen) atoms. The third-order valence-corrected chi connectivity index (χ3v) is 4.58. The summed E-state index contributed by atoms with van der Waals surface area (Å²) in [6, 6.07) is 3.86. The summed E-state index contributed by atoms with van der Waals surface area (Å²) in [4.78, 5) is 52.0. The molecule has 2 atom stereocenters. The lowest BCUT2D eigenvalue weighted by molar-refractivity contribution is -0.143. The van der Waals surface area contributed by atoms with Crippen LogP contribution in [0, 0.1) is 0 Å². The SMILES string of the molecule is CCN(C(=O)C(CCC(N)=O)NC(=O)OC(C)(C)C)C(C(=O)NC(C)(C)C)c1ccccc1O. The summed E-state index contributed by atoms with van der Waals surface area (Å²) >= 11 is 0. The maximum atomic E-state index is 13.6. The van der Waals surface area contributed by atoms with E-state index in [-0.39, 0.29) is 30.7 Å². The number of phenolic OH excluding ortho intramolecular Hbond substituents is 1. The van der Waals surface area contributed by atoms with Gasteiger partial charge in [-0.2, -0.15) is 0 Å². The number of carbonyl (C=O) groups is 4. The monoisotopic (exact) mass is 478 g/mol. The van der Waals surface area contributed by atoms with E-state index in [0.717, 1.165) is 0 Å². The molecule has 190 valence electrons. The summed E-state index contributed by atoms with van der Waals surface area (Å²) in [6.07, 6.45) is -1.10. The lowest BCUT2D eigenvalue weighted by Gasteiger charge is -2.35. The van der Waals surface area contributed by atoms with Crippen molar-refractivity contribution in [1.29, 1.82) is 0 Å². The van der Waals surface area contributed by atoms with Crippen LogP contribution in [-0.4, -0.2) is 57.5 Å². The molecule has 0 fully saturated rings. The average molecular weight is 479 g/mol. The number of benzene rings is 1. The van der Waals surface area contributed by atoms with Gasteiger partial charge in [0.25, 0.3) is 0 Å². The number of hydrogen-bond acceptors (Lipinski definition) is 6. The number of carbonyl (C=O) groups excluding carboxylic acids is 4. The van der Waals surface area contributed by atoms with Crippen LogP contribution < -0.4 is 16.4 Å². The third kappa shape index (κ3) is 9.29. The average Bonchev–Trinajstić information content (AvgIpc) is 2.66. The topological polar surface area (TPSA) is 151 Å². The van der Waals surface area contributed by atoms with Crippen LogP contribution in [0.25, 0.3) is 0 Å². The molecular weight excluding hydrogens is 440 g/mol. The van der Waals surface area contributed by atoms with E-state index in [0.29, 0.717) is 0 Å². The summed E-state index contributed by atoms with van der Waals surface area (Å²) in [5.74, 6) is -1.92. The Morgan fingerprint density at radius 3 is 2.15 bits per heavy atom. The first-order chi connectivity index (χ1) is 15.6. The Labute approximate surface area is 201 Å². The molecule has 10 nitrogen and oxygen atoms in total. The molecule has 0 saturated heterocycles. The molecule has 5 N–H and O–H groups in total. The largest absolute Gasteiger partial charge is 0.508 e. The second kappa shape index (κ2) is 11.7. The van der Waals surface area contributed by atoms with E-state index < -0.39 is 47.0 Å². The predicted octanol–water partition coefficient (Wildman–Crippen LogP) is 2.36. The van der Waals surface area contributed by atoms with Gasteiger partial charge in [-0.15, -0.1) is 0 Å². The van der Waals surface area contributed by atoms with Gasteiger partial charge >= 0.3 is 6.09 Å². The molecule has 1 rings (SSSR count). The number of likely N-dealkylation sites (N-methyl/N-ethyl adjacent to an activating group) is 1. The molecular formula is C24H38N4O6. The number of nitrogens with one attached hydrogen (secondary N) is 2. The zero-order chi connectivity index (χ0) is 26.3. The Hall–Kier alpha value is -3.30. The number of aromatic hydroxyl groups is 1. The molecule has 1 aromatic rings. The Balaban J connectivity index is 3.41. The lowest BCUT2D eigenvalue weighted by Crippen LogP contribution is -2.54. The van der Waals surface area contributed by atoms with Crippen molar-refractivity contribution in [3.05, 3.63) is 29.8 Å². The molecule has 4 amide bonds. The van der Waals surface area contributed by atoms with Crippen molar-refractivity contribution in [3.63, 3.8) is 0 Å². The second-order valence-electron chi connectivity index (χ2n) is 10.0. The van der Waals surface area contributed by atoms with Gasteiger partial charge in [-0.3, -0.25) is 14.4 Å². The van der Waals surface area contributed by atoms with Gasteiger partial charge in [0.2, 0.25) is 17.7 Å². The highest BCUT2D eigenvalue weighted by Crippen LogP contribution is 2.30. The van der Waals surface area contributed by atoms with Crippen molar-refractivity contribution in [2.75, 3.05) is 6.54 Å². The zero-order valence-corrected chi connectivity index (χ0v) is 21.1. The van der Waals surface area contributed by atoms with E-state index in [1.54, 1.807) is 66.7 Å². The maximum absolute atomic E-state index is 13.6. The molecule has 1 aromatic carbocycles. The number of nitrogens with two attached hydrogens (primary N) is 1. The van der Waals surface area contributed by atoms with Crippen LogP contribution in [0.2, 0.25) is 0 Å². The van der Waals surface area contributed by atoms with Crippen LogP contribution in [0.4, 0.5) is 4.79 Å². The number of ether oxygens (including phenoxy) is 1. The van der Waals surface area contributed by atoms with Gasteiger partial charge in [0, 0.05) is 24.1 Å². The van der Waals surface area contributed by atoms with Gasteiger partial charge in [-0.05, 0) is 61.0 Å². The first kappa shape index (κ1) is 28.7. The summed E-state index contributed by atoms with van der Waals surface area (Å²) in [7, 11) is 0. The molecule has 0 heterocycles. The Morgan fingerprint density at radius 2 is 1.68 bits per heavy atom. The fourth-order valence-corrected chi connectivity index (χ4v) is 3.27. The molecule has 0 radical (unpaired) electrons. The first-order valence-electron chi connectivity index (χ1n) is 11.2. The van der Waals surface area contributed by atoms with Crippen molar-refractivity contribution in [2.24, 2.45) is 5.73 Å². The van der Waals surface area contributed by atoms with Crippen molar-refractivity contribution in [3.8, 4) is 5.75 Å². The normalized spacial score (nSPS) is 13.4. The minimum absolute atomic E-state index is 0.0818. The molecule has 0 aliphatic heterocycles. The van der Waals surface area contributed by atoms with Gasteiger partial charge in [0.05, 0.1) is 0 Å². The number of alkyl carbamates (subject to hydrolysis) is 1. The number of hydrogen-bond donors (Lipinski definition) is 4. The van der Waals surface area contributed by atoms with Gasteiger partial charge in [0.1, 0.15) is 23.4 Å². The fraction of sp³-hybridized carbons (Fsp3) is 0.583. The van der Waals surface area contributed by atoms with Gasteiger partial charge < -0.3 is 31.1 Å². The first-order valence-corrected chi connectivity index (χ1v) is 11.2. The van der Waals surface area contributed by atoms with Crippen molar-refractivity contribution in [2.45, 2.75) is 84.5 Å². The van der Waals surface area contributed by atoms with Crippen molar-refractivity contribution < 1.29 is 29.0 Å². The minimum Gasteiger partial charge on any atom is -0.508 e. The lowest BCUT2D eigenvalue weighted by atomic mass is 9.99. The Kier molecular flexibility index (Phi) is 9.90. The number of primary amides is 1. The third-order valence-electron chi connectivity index (χ3n) is 4.58. The number of phenols is 1. The highest BCUT2D eigenvalue weighted by Gasteiger charge is 2.37. The molecule has 0 aliphatic carbocycles. The number of nitrogens with zero attached hydrogens (tertiary/aromatic N) is 1. The van der Waals surface area contributed by atoms with E-state index in [9.17, 15) is 24.3 Å². The smallest absolute Gasteiger partial charge is 0.408 e. The van der Waals surface area contributed by atoms with E-state index in [4.69, 9.17) is 10.5 Å². The molecule has 0 saturated carbocycles. The Bertz CT molecular complexity index is 888. The standard InChI is InChI=1S/C24H38N4O6/c1-8-28(19(20(31)27-23(2,3)4)15-11-9-10-12-17(15)29)21(32)16(13-14-18(25)30)26-22(33)34-24(5,6)7/h9-12,16,19,29H,8,13-14H2,1-7H3,(H2,25,30)(H,26,33)(H,27,31). The van der Waals surface area contributed by atoms with Crippen molar-refractivity contribution >= 4 is 23.8 Å². The van der Waals surface area contributed by atoms with Crippen LogP contribution in [0.3, 0.4) is 0 Å². The molecule has 10 heteroatoms. The molecule has 0 spiro atoms. The van der Waals surface area contributed by atoms with Gasteiger partial charge in [-0.25, -0.2) is 4.79 Å². The second-order valence-corrected chi connectivity index (χ2v) is 10.0. The summed E-state index contributed by atoms with van der Waals surface area (Å²) in [6.45, 7) is 12.2.